The van der Waals surface area contributed by atoms with Crippen LogP contribution in [0.1, 0.15) is 64.2 Å². The van der Waals surface area contributed by atoms with E-state index in [-0.39, 0.29) is 7.92 Å². The van der Waals surface area contributed by atoms with E-state index in [0.29, 0.717) is 0 Å². The van der Waals surface area contributed by atoms with Crippen molar-refractivity contribution in [1.82, 2.24) is 4.57 Å². The number of hydrogen-bond donors (Lipinski definition) is 0. The first-order chi connectivity index (χ1) is 15.3. The van der Waals surface area contributed by atoms with Gasteiger partial charge in [0, 0.05) is 28.8 Å². The SMILES string of the molecule is COc1ccccc1-c1c(P(C2CCCCC2)C2CCCCC2)c2ccccc2n1C. The van der Waals surface area contributed by atoms with Gasteiger partial charge in [0.25, 0.3) is 0 Å². The van der Waals surface area contributed by atoms with Gasteiger partial charge in [0.1, 0.15) is 5.75 Å². The van der Waals surface area contributed by atoms with Crippen LogP contribution in [0.4, 0.5) is 0 Å². The predicted octanol–water partition coefficient (Wildman–Crippen LogP) is 7.63. The van der Waals surface area contributed by atoms with Crippen LogP contribution >= 0.6 is 7.92 Å². The molecule has 31 heavy (non-hydrogen) atoms. The molecule has 0 saturated heterocycles. The maximum Gasteiger partial charge on any atom is 0.128 e. The zero-order valence-corrected chi connectivity index (χ0v) is 20.0. The first kappa shape index (κ1) is 21.1. The van der Waals surface area contributed by atoms with Crippen LogP contribution in [0.3, 0.4) is 0 Å². The number of fused-ring (bicyclic) bond motifs is 1. The third kappa shape index (κ3) is 3.93. The molecule has 0 unspecified atom stereocenters. The van der Waals surface area contributed by atoms with Crippen LogP contribution in [-0.2, 0) is 7.05 Å². The molecule has 0 amide bonds. The summed E-state index contributed by atoms with van der Waals surface area (Å²) in [5.41, 5.74) is 5.81. The molecule has 2 fully saturated rings. The van der Waals surface area contributed by atoms with Gasteiger partial charge in [-0.05, 0) is 55.2 Å². The second kappa shape index (κ2) is 9.37. The first-order valence-electron chi connectivity index (χ1n) is 12.3. The molecule has 5 rings (SSSR count). The van der Waals surface area contributed by atoms with E-state index in [1.807, 2.05) is 7.11 Å². The second-order valence-electron chi connectivity index (χ2n) is 9.46. The van der Waals surface area contributed by atoms with Gasteiger partial charge >= 0.3 is 0 Å². The Morgan fingerprint density at radius 1 is 0.774 bits per heavy atom. The van der Waals surface area contributed by atoms with Gasteiger partial charge in [-0.25, -0.2) is 0 Å². The molecule has 0 atom stereocenters. The Hall–Kier alpha value is -1.79. The standard InChI is InChI=1S/C28H36NOP/c1-29-25-19-11-9-17-23(25)28(27(29)24-18-10-12-20-26(24)30-2)31(21-13-5-3-6-14-21)22-15-7-4-8-16-22/h9-12,17-22H,3-8,13-16H2,1-2H3. The summed E-state index contributed by atoms with van der Waals surface area (Å²) in [6.07, 6.45) is 14.3. The molecule has 2 aliphatic rings. The van der Waals surface area contributed by atoms with Crippen LogP contribution in [0.25, 0.3) is 22.2 Å². The molecule has 2 aliphatic carbocycles. The lowest BCUT2D eigenvalue weighted by Crippen LogP contribution is -2.27. The van der Waals surface area contributed by atoms with Gasteiger partial charge in [0.2, 0.25) is 0 Å². The highest BCUT2D eigenvalue weighted by Gasteiger charge is 2.36. The van der Waals surface area contributed by atoms with Crippen LogP contribution in [-0.4, -0.2) is 23.0 Å². The number of ether oxygens (including phenoxy) is 1. The van der Waals surface area contributed by atoms with E-state index in [1.165, 1.54) is 86.4 Å². The van der Waals surface area contributed by atoms with Crippen LogP contribution in [0.2, 0.25) is 0 Å². The van der Waals surface area contributed by atoms with Crippen molar-refractivity contribution >= 4 is 24.1 Å². The molecule has 2 saturated carbocycles. The lowest BCUT2D eigenvalue weighted by atomic mass is 9.99. The molecule has 1 aromatic heterocycles. The van der Waals surface area contributed by atoms with Gasteiger partial charge in [-0.2, -0.15) is 0 Å². The number of methoxy groups -OCH3 is 1. The Kier molecular flexibility index (Phi) is 6.37. The fraction of sp³-hybridized carbons (Fsp3) is 0.500. The van der Waals surface area contributed by atoms with E-state index in [1.54, 1.807) is 5.30 Å². The van der Waals surface area contributed by atoms with Crippen LogP contribution in [0.15, 0.2) is 48.5 Å². The number of benzene rings is 2. The topological polar surface area (TPSA) is 14.2 Å². The monoisotopic (exact) mass is 433 g/mol. The Morgan fingerprint density at radius 2 is 1.35 bits per heavy atom. The summed E-state index contributed by atoms with van der Waals surface area (Å²) in [5.74, 6) is 0.997. The van der Waals surface area contributed by atoms with Crippen LogP contribution in [0, 0.1) is 0 Å². The van der Waals surface area contributed by atoms with Gasteiger partial charge in [-0.1, -0.05) is 76.8 Å². The summed E-state index contributed by atoms with van der Waals surface area (Å²) in [6.45, 7) is 0. The molecule has 2 nitrogen and oxygen atoms in total. The number of hydrogen-bond acceptors (Lipinski definition) is 1. The summed E-state index contributed by atoms with van der Waals surface area (Å²) >= 11 is 0. The van der Waals surface area contributed by atoms with Crippen LogP contribution in [0.5, 0.6) is 5.75 Å². The average molecular weight is 434 g/mol. The van der Waals surface area contributed by atoms with E-state index >= 15 is 0 Å². The molecule has 0 radical (unpaired) electrons. The van der Waals surface area contributed by atoms with E-state index < -0.39 is 0 Å². The predicted molar refractivity (Wildman–Crippen MR) is 135 cm³/mol. The second-order valence-corrected chi connectivity index (χ2v) is 12.2. The molecule has 0 aliphatic heterocycles. The Labute approximate surface area is 188 Å². The number of aryl methyl sites for hydroxylation is 1. The van der Waals surface area contributed by atoms with E-state index in [2.05, 4.69) is 60.1 Å². The van der Waals surface area contributed by atoms with Crippen LogP contribution < -0.4 is 10.0 Å². The smallest absolute Gasteiger partial charge is 0.128 e. The molecule has 164 valence electrons. The van der Waals surface area contributed by atoms with E-state index in [9.17, 15) is 0 Å². The maximum absolute atomic E-state index is 5.87. The number of nitrogens with zero attached hydrogens (tertiary/aromatic N) is 1. The number of aromatic nitrogens is 1. The maximum atomic E-state index is 5.87. The number of rotatable bonds is 5. The minimum atomic E-state index is -0.209. The van der Waals surface area contributed by atoms with Crippen molar-refractivity contribution in [3.8, 4) is 17.0 Å². The van der Waals surface area contributed by atoms with Crippen molar-refractivity contribution in [2.24, 2.45) is 7.05 Å². The minimum Gasteiger partial charge on any atom is -0.496 e. The lowest BCUT2D eigenvalue weighted by Gasteiger charge is -2.39. The summed E-state index contributed by atoms with van der Waals surface area (Å²) in [5, 5.41) is 3.17. The fourth-order valence-electron chi connectivity index (χ4n) is 6.16. The Morgan fingerprint density at radius 3 is 2.00 bits per heavy atom. The van der Waals surface area contributed by atoms with Gasteiger partial charge in [0.15, 0.2) is 0 Å². The average Bonchev–Trinajstić information content (AvgIpc) is 3.13. The van der Waals surface area contributed by atoms with Crippen molar-refractivity contribution < 1.29 is 4.74 Å². The largest absolute Gasteiger partial charge is 0.496 e. The summed E-state index contributed by atoms with van der Waals surface area (Å²) < 4.78 is 8.33. The summed E-state index contributed by atoms with van der Waals surface area (Å²) in [6, 6.07) is 17.8. The van der Waals surface area contributed by atoms with Gasteiger partial charge in [-0.15, -0.1) is 0 Å². The molecule has 3 heteroatoms. The lowest BCUT2D eigenvalue weighted by molar-refractivity contribution is 0.416. The Balaban J connectivity index is 1.76. The zero-order valence-electron chi connectivity index (χ0n) is 19.1. The quantitative estimate of drug-likeness (QED) is 0.377. The van der Waals surface area contributed by atoms with Crippen molar-refractivity contribution in [2.45, 2.75) is 75.5 Å². The van der Waals surface area contributed by atoms with Crippen molar-refractivity contribution in [3.05, 3.63) is 48.5 Å². The van der Waals surface area contributed by atoms with Crippen molar-refractivity contribution in [3.63, 3.8) is 0 Å². The first-order valence-corrected chi connectivity index (χ1v) is 13.8. The molecule has 3 aromatic rings. The third-order valence-corrected chi connectivity index (χ3v) is 11.2. The molecule has 0 N–H and O–H groups in total. The van der Waals surface area contributed by atoms with Crippen molar-refractivity contribution in [1.29, 1.82) is 0 Å². The highest BCUT2D eigenvalue weighted by molar-refractivity contribution is 7.67. The summed E-state index contributed by atoms with van der Waals surface area (Å²) in [7, 11) is 3.87. The van der Waals surface area contributed by atoms with E-state index in [0.717, 1.165) is 17.1 Å². The van der Waals surface area contributed by atoms with Gasteiger partial charge in [-0.3, -0.25) is 0 Å². The molecule has 0 spiro atoms. The fourth-order valence-corrected chi connectivity index (χ4v) is 10.3. The highest BCUT2D eigenvalue weighted by atomic mass is 31.1. The Bertz CT molecular complexity index is 1010. The highest BCUT2D eigenvalue weighted by Crippen LogP contribution is 2.58. The normalized spacial score (nSPS) is 18.7. The molecule has 1 heterocycles. The number of para-hydroxylation sites is 2. The minimum absolute atomic E-state index is 0.209. The zero-order chi connectivity index (χ0) is 21.2. The van der Waals surface area contributed by atoms with Gasteiger partial charge < -0.3 is 9.30 Å². The molecule has 2 aromatic carbocycles. The van der Waals surface area contributed by atoms with Gasteiger partial charge in [0.05, 0.1) is 12.8 Å². The summed E-state index contributed by atoms with van der Waals surface area (Å²) in [4.78, 5) is 0. The van der Waals surface area contributed by atoms with Crippen molar-refractivity contribution in [2.75, 3.05) is 7.11 Å². The molecule has 0 bridgehead atoms. The molecular weight excluding hydrogens is 397 g/mol. The van der Waals surface area contributed by atoms with E-state index in [4.69, 9.17) is 4.74 Å². The molecular formula is C28H36NOP. The third-order valence-electron chi connectivity index (χ3n) is 7.64.